The van der Waals surface area contributed by atoms with Crippen LogP contribution in [0.3, 0.4) is 0 Å². The lowest BCUT2D eigenvalue weighted by molar-refractivity contribution is 0.347. The maximum absolute atomic E-state index is 13.1. The average Bonchev–Trinajstić information content (AvgIpc) is 3.03. The fourth-order valence-corrected chi connectivity index (χ4v) is 5.01. The SMILES string of the molecule is O=S(=O)(c1cccc(Cl)c1)c1nn(C2CCNCC2)c2ccccc12. The number of hydrogen-bond donors (Lipinski definition) is 1. The Bertz CT molecular complexity index is 1020. The van der Waals surface area contributed by atoms with Crippen LogP contribution in [0.1, 0.15) is 18.9 Å². The fourth-order valence-electron chi connectivity index (χ4n) is 3.33. The molecule has 1 aromatic heterocycles. The van der Waals surface area contributed by atoms with Gasteiger partial charge in [0, 0.05) is 10.4 Å². The monoisotopic (exact) mass is 375 g/mol. The van der Waals surface area contributed by atoms with Gasteiger partial charge in [-0.3, -0.25) is 4.68 Å². The maximum Gasteiger partial charge on any atom is 0.226 e. The van der Waals surface area contributed by atoms with E-state index >= 15 is 0 Å². The van der Waals surface area contributed by atoms with Gasteiger partial charge in [-0.25, -0.2) is 8.42 Å². The highest BCUT2D eigenvalue weighted by Gasteiger charge is 2.28. The van der Waals surface area contributed by atoms with Gasteiger partial charge in [0.2, 0.25) is 9.84 Å². The van der Waals surface area contributed by atoms with Crippen LogP contribution >= 0.6 is 11.6 Å². The molecule has 0 spiro atoms. The third-order valence-corrected chi connectivity index (χ3v) is 6.52. The van der Waals surface area contributed by atoms with E-state index < -0.39 is 9.84 Å². The molecule has 1 N–H and O–H groups in total. The van der Waals surface area contributed by atoms with Crippen molar-refractivity contribution in [2.45, 2.75) is 28.8 Å². The summed E-state index contributed by atoms with van der Waals surface area (Å²) in [7, 11) is -3.74. The van der Waals surface area contributed by atoms with Gasteiger partial charge >= 0.3 is 0 Å². The van der Waals surface area contributed by atoms with Crippen molar-refractivity contribution in [1.82, 2.24) is 15.1 Å². The Balaban J connectivity index is 1.90. The van der Waals surface area contributed by atoms with Gasteiger partial charge < -0.3 is 5.32 Å². The zero-order valence-corrected chi connectivity index (χ0v) is 15.1. The summed E-state index contributed by atoms with van der Waals surface area (Å²) in [6, 6.07) is 14.0. The van der Waals surface area contributed by atoms with E-state index in [4.69, 9.17) is 11.6 Å². The van der Waals surface area contributed by atoms with Crippen LogP contribution in [0.15, 0.2) is 58.5 Å². The summed E-state index contributed by atoms with van der Waals surface area (Å²) in [5.74, 6) is 0. The van der Waals surface area contributed by atoms with Crippen LogP contribution < -0.4 is 5.32 Å². The minimum absolute atomic E-state index is 0.101. The molecule has 0 bridgehead atoms. The minimum Gasteiger partial charge on any atom is -0.317 e. The molecule has 2 aromatic carbocycles. The number of fused-ring (bicyclic) bond motifs is 1. The molecule has 2 heterocycles. The Morgan fingerprint density at radius 2 is 1.84 bits per heavy atom. The number of nitrogens with zero attached hydrogens (tertiary/aromatic N) is 2. The lowest BCUT2D eigenvalue weighted by Crippen LogP contribution is -2.29. The van der Waals surface area contributed by atoms with E-state index in [2.05, 4.69) is 10.4 Å². The Morgan fingerprint density at radius 3 is 2.60 bits per heavy atom. The van der Waals surface area contributed by atoms with E-state index in [1.54, 1.807) is 18.2 Å². The Labute approximate surface area is 151 Å². The number of halogens is 1. The van der Waals surface area contributed by atoms with E-state index in [9.17, 15) is 8.42 Å². The van der Waals surface area contributed by atoms with Crippen LogP contribution in [0.25, 0.3) is 10.9 Å². The normalized spacial score (nSPS) is 16.4. The van der Waals surface area contributed by atoms with Crippen molar-refractivity contribution in [3.05, 3.63) is 53.6 Å². The molecule has 5 nitrogen and oxygen atoms in total. The smallest absolute Gasteiger partial charge is 0.226 e. The summed E-state index contributed by atoms with van der Waals surface area (Å²) in [5, 5.41) is 9.02. The van der Waals surface area contributed by atoms with Gasteiger partial charge in [-0.2, -0.15) is 5.10 Å². The molecule has 130 valence electrons. The Morgan fingerprint density at radius 1 is 1.08 bits per heavy atom. The standard InChI is InChI=1S/C18H18ClN3O2S/c19-13-4-3-5-15(12-13)25(23,24)18-16-6-1-2-7-17(16)22(21-18)14-8-10-20-11-9-14/h1-7,12,14,20H,8-11H2. The van der Waals surface area contributed by atoms with E-state index in [1.807, 2.05) is 28.9 Å². The van der Waals surface area contributed by atoms with Crippen molar-refractivity contribution < 1.29 is 8.42 Å². The van der Waals surface area contributed by atoms with Gasteiger partial charge in [-0.1, -0.05) is 29.8 Å². The topological polar surface area (TPSA) is 64.0 Å². The van der Waals surface area contributed by atoms with Crippen molar-refractivity contribution >= 4 is 32.3 Å². The third kappa shape index (κ3) is 2.94. The molecular weight excluding hydrogens is 358 g/mol. The predicted molar refractivity (Wildman–Crippen MR) is 97.8 cm³/mol. The van der Waals surface area contributed by atoms with E-state index in [-0.39, 0.29) is 16.0 Å². The maximum atomic E-state index is 13.1. The highest BCUT2D eigenvalue weighted by Crippen LogP contribution is 2.32. The number of sulfone groups is 1. The summed E-state index contributed by atoms with van der Waals surface area (Å²) < 4.78 is 28.2. The molecule has 3 aromatic rings. The second-order valence-corrected chi connectivity index (χ2v) is 8.51. The van der Waals surface area contributed by atoms with Crippen molar-refractivity contribution in [3.8, 4) is 0 Å². The first-order valence-electron chi connectivity index (χ1n) is 8.26. The summed E-state index contributed by atoms with van der Waals surface area (Å²) >= 11 is 5.99. The number of nitrogens with one attached hydrogen (secondary N) is 1. The summed E-state index contributed by atoms with van der Waals surface area (Å²) in [6.45, 7) is 1.82. The first-order valence-corrected chi connectivity index (χ1v) is 10.1. The quantitative estimate of drug-likeness (QED) is 0.761. The van der Waals surface area contributed by atoms with Crippen molar-refractivity contribution in [2.24, 2.45) is 0 Å². The molecule has 7 heteroatoms. The van der Waals surface area contributed by atoms with Gasteiger partial charge in [-0.15, -0.1) is 0 Å². The summed E-state index contributed by atoms with van der Waals surface area (Å²) in [6.07, 6.45) is 1.87. The average molecular weight is 376 g/mol. The molecule has 0 atom stereocenters. The molecule has 0 saturated carbocycles. The molecular formula is C18H18ClN3O2S. The van der Waals surface area contributed by atoms with Gasteiger partial charge in [0.25, 0.3) is 0 Å². The van der Waals surface area contributed by atoms with E-state index in [0.29, 0.717) is 10.4 Å². The molecule has 1 fully saturated rings. The second kappa shape index (κ2) is 6.44. The molecule has 4 rings (SSSR count). The Kier molecular flexibility index (Phi) is 4.27. The van der Waals surface area contributed by atoms with Crippen LogP contribution in [-0.2, 0) is 9.84 Å². The molecule has 1 aliphatic rings. The second-order valence-electron chi connectivity index (χ2n) is 6.21. The molecule has 1 saturated heterocycles. The number of hydrogen-bond acceptors (Lipinski definition) is 4. The van der Waals surface area contributed by atoms with Crippen LogP contribution in [0.4, 0.5) is 0 Å². The molecule has 25 heavy (non-hydrogen) atoms. The largest absolute Gasteiger partial charge is 0.317 e. The highest BCUT2D eigenvalue weighted by molar-refractivity contribution is 7.91. The molecule has 0 unspecified atom stereocenters. The lowest BCUT2D eigenvalue weighted by atomic mass is 10.1. The minimum atomic E-state index is -3.74. The molecule has 0 aliphatic carbocycles. The van der Waals surface area contributed by atoms with Crippen LogP contribution in [0.5, 0.6) is 0 Å². The van der Waals surface area contributed by atoms with Crippen LogP contribution in [0.2, 0.25) is 5.02 Å². The van der Waals surface area contributed by atoms with Gasteiger partial charge in [0.1, 0.15) is 0 Å². The van der Waals surface area contributed by atoms with Gasteiger partial charge in [-0.05, 0) is 56.3 Å². The number of piperidine rings is 1. The Hall–Kier alpha value is -1.89. The van der Waals surface area contributed by atoms with Crippen molar-refractivity contribution in [3.63, 3.8) is 0 Å². The predicted octanol–water partition coefficient (Wildman–Crippen LogP) is 3.45. The molecule has 1 aliphatic heterocycles. The summed E-state index contributed by atoms with van der Waals surface area (Å²) in [4.78, 5) is 0.167. The first kappa shape index (κ1) is 16.6. The lowest BCUT2D eigenvalue weighted by Gasteiger charge is -2.23. The number of benzene rings is 2. The number of para-hydroxylation sites is 1. The van der Waals surface area contributed by atoms with Gasteiger partial charge in [0.05, 0.1) is 16.5 Å². The molecule has 0 radical (unpaired) electrons. The van der Waals surface area contributed by atoms with Crippen LogP contribution in [0, 0.1) is 0 Å². The fraction of sp³-hybridized carbons (Fsp3) is 0.278. The van der Waals surface area contributed by atoms with Crippen molar-refractivity contribution in [1.29, 1.82) is 0 Å². The summed E-state index contributed by atoms with van der Waals surface area (Å²) in [5.41, 5.74) is 0.856. The zero-order valence-electron chi connectivity index (χ0n) is 13.5. The zero-order chi connectivity index (χ0) is 17.4. The van der Waals surface area contributed by atoms with E-state index in [1.165, 1.54) is 6.07 Å². The first-order chi connectivity index (χ1) is 12.1. The molecule has 0 amide bonds. The highest BCUT2D eigenvalue weighted by atomic mass is 35.5. The third-order valence-electron chi connectivity index (χ3n) is 4.60. The number of rotatable bonds is 3. The number of aromatic nitrogens is 2. The van der Waals surface area contributed by atoms with Crippen molar-refractivity contribution in [2.75, 3.05) is 13.1 Å². The van der Waals surface area contributed by atoms with E-state index in [0.717, 1.165) is 31.4 Å². The van der Waals surface area contributed by atoms with Gasteiger partial charge in [0.15, 0.2) is 5.03 Å². The van der Waals surface area contributed by atoms with Crippen LogP contribution in [-0.4, -0.2) is 31.3 Å².